The molecule has 0 aliphatic rings. The molecule has 0 radical (unpaired) electrons. The van der Waals surface area contributed by atoms with Crippen molar-refractivity contribution >= 4 is 15.9 Å². The molecule has 0 aliphatic heterocycles. The number of aromatic nitrogens is 3. The van der Waals surface area contributed by atoms with Crippen molar-refractivity contribution in [3.05, 3.63) is 59.3 Å². The first-order valence-corrected chi connectivity index (χ1v) is 6.88. The van der Waals surface area contributed by atoms with Crippen molar-refractivity contribution in [3.63, 3.8) is 0 Å². The molecule has 0 saturated heterocycles. The highest BCUT2D eigenvalue weighted by Gasteiger charge is 2.13. The van der Waals surface area contributed by atoms with E-state index in [0.29, 0.717) is 0 Å². The smallest absolute Gasteiger partial charge is 0.172 e. The van der Waals surface area contributed by atoms with E-state index in [1.165, 1.54) is 0 Å². The van der Waals surface area contributed by atoms with Crippen molar-refractivity contribution < 1.29 is 4.74 Å². The van der Waals surface area contributed by atoms with Crippen molar-refractivity contribution in [2.75, 3.05) is 7.11 Å². The van der Waals surface area contributed by atoms with Gasteiger partial charge in [-0.2, -0.15) is 0 Å². The van der Waals surface area contributed by atoms with Crippen LogP contribution in [0.5, 0.6) is 5.75 Å². The highest BCUT2D eigenvalue weighted by molar-refractivity contribution is 9.10. The summed E-state index contributed by atoms with van der Waals surface area (Å²) in [6.45, 7) is 0. The summed E-state index contributed by atoms with van der Waals surface area (Å²) >= 11 is 3.44. The Bertz CT molecular complexity index is 725. The number of para-hydroxylation sites is 1. The Morgan fingerprint density at radius 2 is 1.90 bits per heavy atom. The van der Waals surface area contributed by atoms with E-state index >= 15 is 0 Å². The number of benzene rings is 2. The standard InChI is InChI=1S/C15H12BrN3O/c1-20-14-9-11(16)7-8-13(14)15-18-17-10-19(15)12-5-3-2-4-6-12/h2-10H,1H3. The van der Waals surface area contributed by atoms with E-state index in [9.17, 15) is 0 Å². The molecule has 1 heterocycles. The highest BCUT2D eigenvalue weighted by atomic mass is 79.9. The third-order valence-corrected chi connectivity index (χ3v) is 3.48. The summed E-state index contributed by atoms with van der Waals surface area (Å²) in [6.07, 6.45) is 1.70. The molecule has 0 saturated carbocycles. The minimum absolute atomic E-state index is 0.751. The number of hydrogen-bond acceptors (Lipinski definition) is 3. The average molecular weight is 330 g/mol. The Labute approximate surface area is 125 Å². The minimum Gasteiger partial charge on any atom is -0.496 e. The molecule has 0 N–H and O–H groups in total. The van der Waals surface area contributed by atoms with Crippen molar-refractivity contribution in [2.24, 2.45) is 0 Å². The normalized spacial score (nSPS) is 10.5. The third-order valence-electron chi connectivity index (χ3n) is 2.99. The summed E-state index contributed by atoms with van der Waals surface area (Å²) in [7, 11) is 1.65. The first kappa shape index (κ1) is 12.9. The second kappa shape index (κ2) is 5.46. The van der Waals surface area contributed by atoms with Crippen LogP contribution in [0.2, 0.25) is 0 Å². The summed E-state index contributed by atoms with van der Waals surface area (Å²) < 4.78 is 8.33. The van der Waals surface area contributed by atoms with Gasteiger partial charge in [0.05, 0.1) is 12.7 Å². The number of hydrogen-bond donors (Lipinski definition) is 0. The molecule has 2 aromatic carbocycles. The quantitative estimate of drug-likeness (QED) is 0.735. The third kappa shape index (κ3) is 2.32. The summed E-state index contributed by atoms with van der Waals surface area (Å²) in [4.78, 5) is 0. The molecular weight excluding hydrogens is 318 g/mol. The van der Waals surface area contributed by atoms with Gasteiger partial charge in [-0.3, -0.25) is 4.57 Å². The van der Waals surface area contributed by atoms with Crippen LogP contribution in [-0.4, -0.2) is 21.9 Å². The molecule has 0 fully saturated rings. The first-order chi connectivity index (χ1) is 9.79. The van der Waals surface area contributed by atoms with E-state index in [4.69, 9.17) is 4.74 Å². The summed E-state index contributed by atoms with van der Waals surface area (Å²) in [5.41, 5.74) is 1.91. The topological polar surface area (TPSA) is 39.9 Å². The maximum atomic E-state index is 5.43. The van der Waals surface area contributed by atoms with Gasteiger partial charge >= 0.3 is 0 Å². The lowest BCUT2D eigenvalue weighted by atomic mass is 10.2. The second-order valence-corrected chi connectivity index (χ2v) is 5.12. The largest absolute Gasteiger partial charge is 0.496 e. The summed E-state index contributed by atoms with van der Waals surface area (Å²) in [5.74, 6) is 1.50. The molecule has 0 spiro atoms. The molecule has 0 aliphatic carbocycles. The van der Waals surface area contributed by atoms with Gasteiger partial charge in [0.25, 0.3) is 0 Å². The van der Waals surface area contributed by atoms with Gasteiger partial charge in [0.1, 0.15) is 12.1 Å². The number of ether oxygens (including phenoxy) is 1. The monoisotopic (exact) mass is 329 g/mol. The number of nitrogens with zero attached hydrogens (tertiary/aromatic N) is 3. The second-order valence-electron chi connectivity index (χ2n) is 4.20. The van der Waals surface area contributed by atoms with Crippen molar-refractivity contribution in [1.29, 1.82) is 0 Å². The maximum absolute atomic E-state index is 5.43. The molecule has 100 valence electrons. The molecule has 3 rings (SSSR count). The Balaban J connectivity index is 2.15. The van der Waals surface area contributed by atoms with E-state index in [-0.39, 0.29) is 0 Å². The minimum atomic E-state index is 0.751. The van der Waals surface area contributed by atoms with Gasteiger partial charge in [-0.15, -0.1) is 10.2 Å². The van der Waals surface area contributed by atoms with Gasteiger partial charge in [-0.05, 0) is 30.3 Å². The van der Waals surface area contributed by atoms with Gasteiger partial charge < -0.3 is 4.74 Å². The summed E-state index contributed by atoms with van der Waals surface area (Å²) in [6, 6.07) is 15.8. The molecule has 4 nitrogen and oxygen atoms in total. The molecule has 0 amide bonds. The lowest BCUT2D eigenvalue weighted by molar-refractivity contribution is 0.416. The molecule has 0 bridgehead atoms. The van der Waals surface area contributed by atoms with Gasteiger partial charge in [0.2, 0.25) is 0 Å². The van der Waals surface area contributed by atoms with Crippen LogP contribution in [0.25, 0.3) is 17.1 Å². The van der Waals surface area contributed by atoms with Crippen LogP contribution >= 0.6 is 15.9 Å². The van der Waals surface area contributed by atoms with E-state index in [1.807, 2.05) is 53.1 Å². The zero-order valence-electron chi connectivity index (χ0n) is 10.8. The number of methoxy groups -OCH3 is 1. The van der Waals surface area contributed by atoms with Gasteiger partial charge in [0, 0.05) is 10.2 Å². The van der Waals surface area contributed by atoms with Crippen LogP contribution in [0.3, 0.4) is 0 Å². The van der Waals surface area contributed by atoms with E-state index in [2.05, 4.69) is 26.1 Å². The predicted molar refractivity (Wildman–Crippen MR) is 81.0 cm³/mol. The van der Waals surface area contributed by atoms with Gasteiger partial charge in [-0.25, -0.2) is 0 Å². The summed E-state index contributed by atoms with van der Waals surface area (Å²) in [5, 5.41) is 8.24. The van der Waals surface area contributed by atoms with Crippen molar-refractivity contribution in [3.8, 4) is 22.8 Å². The first-order valence-electron chi connectivity index (χ1n) is 6.09. The lowest BCUT2D eigenvalue weighted by Gasteiger charge is -2.10. The molecule has 20 heavy (non-hydrogen) atoms. The fraction of sp³-hybridized carbons (Fsp3) is 0.0667. The van der Waals surface area contributed by atoms with Crippen molar-refractivity contribution in [1.82, 2.24) is 14.8 Å². The van der Waals surface area contributed by atoms with Crippen LogP contribution in [0.15, 0.2) is 59.3 Å². The van der Waals surface area contributed by atoms with Gasteiger partial charge in [0.15, 0.2) is 5.82 Å². The van der Waals surface area contributed by atoms with Crippen molar-refractivity contribution in [2.45, 2.75) is 0 Å². The Morgan fingerprint density at radius 1 is 1.10 bits per heavy atom. The molecule has 5 heteroatoms. The Morgan fingerprint density at radius 3 is 2.65 bits per heavy atom. The Hall–Kier alpha value is -2.14. The van der Waals surface area contributed by atoms with Crippen LogP contribution in [-0.2, 0) is 0 Å². The van der Waals surface area contributed by atoms with E-state index in [1.54, 1.807) is 13.4 Å². The highest BCUT2D eigenvalue weighted by Crippen LogP contribution is 2.32. The lowest BCUT2D eigenvalue weighted by Crippen LogP contribution is -1.98. The van der Waals surface area contributed by atoms with Crippen LogP contribution in [0.1, 0.15) is 0 Å². The zero-order valence-corrected chi connectivity index (χ0v) is 12.4. The zero-order chi connectivity index (χ0) is 13.9. The van der Waals surface area contributed by atoms with Crippen LogP contribution in [0, 0.1) is 0 Å². The van der Waals surface area contributed by atoms with Crippen LogP contribution < -0.4 is 4.74 Å². The SMILES string of the molecule is COc1cc(Br)ccc1-c1nncn1-c1ccccc1. The fourth-order valence-electron chi connectivity index (χ4n) is 2.05. The molecule has 1 aromatic heterocycles. The van der Waals surface area contributed by atoms with Crippen LogP contribution in [0.4, 0.5) is 0 Å². The number of halogens is 1. The molecule has 0 atom stereocenters. The van der Waals surface area contributed by atoms with Gasteiger partial charge in [-0.1, -0.05) is 34.1 Å². The Kier molecular flexibility index (Phi) is 3.52. The van der Waals surface area contributed by atoms with E-state index < -0.39 is 0 Å². The number of rotatable bonds is 3. The molecule has 3 aromatic rings. The van der Waals surface area contributed by atoms with E-state index in [0.717, 1.165) is 27.3 Å². The predicted octanol–water partition coefficient (Wildman–Crippen LogP) is 3.71. The molecular formula is C15H12BrN3O. The average Bonchev–Trinajstić information content (AvgIpc) is 2.97. The maximum Gasteiger partial charge on any atom is 0.172 e. The molecule has 0 unspecified atom stereocenters. The fourth-order valence-corrected chi connectivity index (χ4v) is 2.39.